The Morgan fingerprint density at radius 1 is 0.969 bits per heavy atom. The van der Waals surface area contributed by atoms with Gasteiger partial charge in [-0.05, 0) is 43.2 Å². The van der Waals surface area contributed by atoms with Crippen LogP contribution in [0.5, 0.6) is 5.75 Å². The molecule has 7 heteroatoms. The number of rotatable bonds is 5. The molecular formula is C25H34N6O. The van der Waals surface area contributed by atoms with Crippen molar-refractivity contribution in [2.75, 3.05) is 31.1 Å². The lowest BCUT2D eigenvalue weighted by Crippen LogP contribution is -2.50. The number of aromatic nitrogens is 1. The van der Waals surface area contributed by atoms with E-state index >= 15 is 0 Å². The second-order valence-corrected chi connectivity index (χ2v) is 8.70. The molecule has 4 rings (SSSR count). The van der Waals surface area contributed by atoms with Crippen LogP contribution in [0.15, 0.2) is 54.5 Å². The van der Waals surface area contributed by atoms with E-state index in [9.17, 15) is 5.11 Å². The Morgan fingerprint density at radius 2 is 1.69 bits per heavy atom. The number of hydrogen-bond donors (Lipinski definition) is 4. The Labute approximate surface area is 190 Å². The summed E-state index contributed by atoms with van der Waals surface area (Å²) in [5.41, 5.74) is 21.5. The zero-order chi connectivity index (χ0) is 22.5. The number of anilines is 1. The van der Waals surface area contributed by atoms with E-state index in [1.54, 1.807) is 30.5 Å². The van der Waals surface area contributed by atoms with Crippen LogP contribution in [-0.4, -0.2) is 47.2 Å². The minimum Gasteiger partial charge on any atom is -0.507 e. The number of nitrogens with two attached hydrogens (primary N) is 3. The van der Waals surface area contributed by atoms with Crippen molar-refractivity contribution in [2.45, 2.75) is 38.1 Å². The Balaban J connectivity index is 1.51. The number of allylic oxidation sites excluding steroid dienone is 2. The molecule has 1 saturated carbocycles. The first-order valence-corrected chi connectivity index (χ1v) is 11.5. The molecule has 1 aliphatic heterocycles. The highest BCUT2D eigenvalue weighted by molar-refractivity contribution is 5.84. The van der Waals surface area contributed by atoms with E-state index in [2.05, 4.69) is 14.8 Å². The molecule has 0 bridgehead atoms. The molecule has 1 saturated heterocycles. The van der Waals surface area contributed by atoms with E-state index in [0.717, 1.165) is 37.9 Å². The molecule has 2 aliphatic rings. The summed E-state index contributed by atoms with van der Waals surface area (Å²) >= 11 is 0. The fourth-order valence-electron chi connectivity index (χ4n) is 4.81. The average molecular weight is 435 g/mol. The summed E-state index contributed by atoms with van der Waals surface area (Å²) in [5, 5.41) is 10.1. The number of para-hydroxylation sites is 1. The molecule has 0 unspecified atom stereocenters. The predicted molar refractivity (Wildman–Crippen MR) is 130 cm³/mol. The van der Waals surface area contributed by atoms with Crippen molar-refractivity contribution in [1.29, 1.82) is 0 Å². The molecule has 0 radical (unpaired) electrons. The first-order chi connectivity index (χ1) is 15.5. The minimum atomic E-state index is 0.105. The van der Waals surface area contributed by atoms with Crippen molar-refractivity contribution in [1.82, 2.24) is 9.88 Å². The van der Waals surface area contributed by atoms with E-state index in [1.165, 1.54) is 32.1 Å². The maximum absolute atomic E-state index is 10.1. The summed E-state index contributed by atoms with van der Waals surface area (Å²) in [4.78, 5) is 9.55. The fraction of sp³-hybridized carbons (Fsp3) is 0.400. The topological polar surface area (TPSA) is 118 Å². The number of benzene rings is 1. The van der Waals surface area contributed by atoms with E-state index in [-0.39, 0.29) is 11.6 Å². The van der Waals surface area contributed by atoms with Gasteiger partial charge in [-0.2, -0.15) is 0 Å². The first kappa shape index (κ1) is 22.0. The summed E-state index contributed by atoms with van der Waals surface area (Å²) in [7, 11) is 0. The highest BCUT2D eigenvalue weighted by Crippen LogP contribution is 2.28. The number of hydrogen-bond acceptors (Lipinski definition) is 7. The van der Waals surface area contributed by atoms with Crippen LogP contribution in [0.25, 0.3) is 11.3 Å². The zero-order valence-corrected chi connectivity index (χ0v) is 18.6. The molecule has 2 heterocycles. The summed E-state index contributed by atoms with van der Waals surface area (Å²) in [6.07, 6.45) is 10.3. The molecule has 0 amide bonds. The van der Waals surface area contributed by atoms with Gasteiger partial charge in [-0.15, -0.1) is 0 Å². The van der Waals surface area contributed by atoms with Crippen molar-refractivity contribution in [3.8, 4) is 5.75 Å². The number of pyridine rings is 1. The van der Waals surface area contributed by atoms with Crippen molar-refractivity contribution in [3.63, 3.8) is 0 Å². The van der Waals surface area contributed by atoms with Crippen LogP contribution in [0.4, 0.5) is 5.69 Å². The summed E-state index contributed by atoms with van der Waals surface area (Å²) in [5.74, 6) is 0.240. The van der Waals surface area contributed by atoms with Gasteiger partial charge in [-0.3, -0.25) is 9.88 Å². The Bertz CT molecular complexity index is 983. The molecule has 2 fully saturated rings. The van der Waals surface area contributed by atoms with Crippen molar-refractivity contribution < 1.29 is 5.11 Å². The molecule has 1 aliphatic carbocycles. The third-order valence-corrected chi connectivity index (χ3v) is 6.62. The van der Waals surface area contributed by atoms with E-state index in [1.807, 2.05) is 18.2 Å². The van der Waals surface area contributed by atoms with Gasteiger partial charge in [-0.1, -0.05) is 31.4 Å². The average Bonchev–Trinajstić information content (AvgIpc) is 2.83. The fourth-order valence-corrected chi connectivity index (χ4v) is 4.81. The van der Waals surface area contributed by atoms with Crippen LogP contribution in [0.3, 0.4) is 0 Å². The quantitative estimate of drug-likeness (QED) is 0.535. The number of phenolic OH excluding ortho intramolecular Hbond substituents is 1. The normalized spacial score (nSPS) is 18.5. The van der Waals surface area contributed by atoms with Crippen molar-refractivity contribution >= 4 is 17.0 Å². The van der Waals surface area contributed by atoms with Gasteiger partial charge < -0.3 is 27.2 Å². The lowest BCUT2D eigenvalue weighted by molar-refractivity contribution is 0.148. The second kappa shape index (κ2) is 9.96. The summed E-state index contributed by atoms with van der Waals surface area (Å²) in [6.45, 7) is 4.16. The Hall–Kier alpha value is -3.19. The van der Waals surface area contributed by atoms with E-state index < -0.39 is 0 Å². The maximum atomic E-state index is 10.1. The van der Waals surface area contributed by atoms with Gasteiger partial charge in [0, 0.05) is 60.9 Å². The monoisotopic (exact) mass is 434 g/mol. The zero-order valence-electron chi connectivity index (χ0n) is 18.6. The molecular weight excluding hydrogens is 400 g/mol. The van der Waals surface area contributed by atoms with Crippen LogP contribution in [-0.2, 0) is 0 Å². The number of piperazine rings is 1. The van der Waals surface area contributed by atoms with Crippen LogP contribution in [0.2, 0.25) is 0 Å². The lowest BCUT2D eigenvalue weighted by Gasteiger charge is -2.41. The van der Waals surface area contributed by atoms with Crippen LogP contribution in [0.1, 0.15) is 43.4 Å². The highest BCUT2D eigenvalue weighted by atomic mass is 16.3. The van der Waals surface area contributed by atoms with Crippen LogP contribution in [0, 0.1) is 0 Å². The highest BCUT2D eigenvalue weighted by Gasteiger charge is 2.25. The first-order valence-electron chi connectivity index (χ1n) is 11.5. The van der Waals surface area contributed by atoms with Gasteiger partial charge in [0.05, 0.1) is 5.69 Å². The molecule has 2 aromatic rings. The predicted octanol–water partition coefficient (Wildman–Crippen LogP) is 2.83. The Morgan fingerprint density at radius 3 is 2.38 bits per heavy atom. The standard InChI is InChI=1S/C25H34N6O/c26-22(20-8-4-5-9-24(20)32)17-21(25(27)28)23-16-19(10-11-29-23)31-14-12-30(13-15-31)18-6-2-1-3-7-18/h4-5,8-11,16-18,32H,1-3,6-7,12-15,26-28H2/b22-17-. The van der Waals surface area contributed by atoms with E-state index in [0.29, 0.717) is 22.5 Å². The lowest BCUT2D eigenvalue weighted by atomic mass is 9.94. The molecule has 7 N–H and O–H groups in total. The third-order valence-electron chi connectivity index (χ3n) is 6.62. The second-order valence-electron chi connectivity index (χ2n) is 8.70. The summed E-state index contributed by atoms with van der Waals surface area (Å²) in [6, 6.07) is 11.7. The molecule has 1 aromatic heterocycles. The number of nitrogens with zero attached hydrogens (tertiary/aromatic N) is 3. The van der Waals surface area contributed by atoms with Crippen molar-refractivity contribution in [3.05, 3.63) is 65.7 Å². The van der Waals surface area contributed by atoms with Gasteiger partial charge >= 0.3 is 0 Å². The number of aromatic hydroxyl groups is 1. The largest absolute Gasteiger partial charge is 0.507 e. The molecule has 0 spiro atoms. The van der Waals surface area contributed by atoms with Gasteiger partial charge in [0.2, 0.25) is 0 Å². The molecule has 170 valence electrons. The number of phenols is 1. The minimum absolute atomic E-state index is 0.105. The van der Waals surface area contributed by atoms with Crippen LogP contribution >= 0.6 is 0 Å². The smallest absolute Gasteiger partial charge is 0.124 e. The summed E-state index contributed by atoms with van der Waals surface area (Å²) < 4.78 is 0. The van der Waals surface area contributed by atoms with Gasteiger partial charge in [-0.25, -0.2) is 0 Å². The van der Waals surface area contributed by atoms with Gasteiger partial charge in [0.15, 0.2) is 0 Å². The molecule has 7 nitrogen and oxygen atoms in total. The van der Waals surface area contributed by atoms with Crippen molar-refractivity contribution in [2.24, 2.45) is 17.2 Å². The van der Waals surface area contributed by atoms with Gasteiger partial charge in [0.25, 0.3) is 0 Å². The molecule has 32 heavy (non-hydrogen) atoms. The van der Waals surface area contributed by atoms with Crippen LogP contribution < -0.4 is 22.1 Å². The molecule has 1 aromatic carbocycles. The third kappa shape index (κ3) is 4.99. The van der Waals surface area contributed by atoms with E-state index in [4.69, 9.17) is 17.2 Å². The van der Waals surface area contributed by atoms with Gasteiger partial charge in [0.1, 0.15) is 11.6 Å². The Kier molecular flexibility index (Phi) is 6.85. The molecule has 0 atom stereocenters. The SMILES string of the molecule is NC(N)=C(/C=C(\N)c1ccccc1O)c1cc(N2CCN(C3CCCCC3)CC2)ccn1. The maximum Gasteiger partial charge on any atom is 0.124 e.